The zero-order valence-corrected chi connectivity index (χ0v) is 25.7. The summed E-state index contributed by atoms with van der Waals surface area (Å²) in [5, 5.41) is 7.35. The van der Waals surface area contributed by atoms with Crippen LogP contribution in [0.15, 0.2) is 93.6 Å². The predicted octanol–water partition coefficient (Wildman–Crippen LogP) is 6.84. The maximum atomic E-state index is 13.5. The average Bonchev–Trinajstić information content (AvgIpc) is 3.65. The van der Waals surface area contributed by atoms with Gasteiger partial charge in [0.05, 0.1) is 26.7 Å². The van der Waals surface area contributed by atoms with Crippen molar-refractivity contribution in [1.82, 2.24) is 4.57 Å². The van der Waals surface area contributed by atoms with Crippen molar-refractivity contribution < 1.29 is 4.57 Å². The number of thioether (sulfide) groups is 1. The molecule has 0 fully saturated rings. The summed E-state index contributed by atoms with van der Waals surface area (Å²) in [6.07, 6.45) is 6.34. The quantitative estimate of drug-likeness (QED) is 0.205. The number of nitrogens with zero attached hydrogens (tertiary/aromatic N) is 3. The van der Waals surface area contributed by atoms with E-state index < -0.39 is 0 Å². The van der Waals surface area contributed by atoms with E-state index in [4.69, 9.17) is 0 Å². The van der Waals surface area contributed by atoms with Gasteiger partial charge in [0, 0.05) is 23.4 Å². The summed E-state index contributed by atoms with van der Waals surface area (Å²) in [6.45, 7) is 8.80. The molecule has 4 nitrogen and oxygen atoms in total. The van der Waals surface area contributed by atoms with Crippen LogP contribution in [0.1, 0.15) is 25.8 Å². The molecule has 0 aliphatic carbocycles. The van der Waals surface area contributed by atoms with Crippen LogP contribution in [0.3, 0.4) is 0 Å². The van der Waals surface area contributed by atoms with Gasteiger partial charge in [-0.25, -0.2) is 0 Å². The van der Waals surface area contributed by atoms with Crippen LogP contribution in [0, 0.1) is 0 Å². The molecule has 0 saturated carbocycles. The molecule has 7 heteroatoms. The van der Waals surface area contributed by atoms with Gasteiger partial charge in [0.2, 0.25) is 5.52 Å². The molecule has 1 aliphatic heterocycles. The zero-order valence-electron chi connectivity index (χ0n) is 23.3. The molecule has 7 rings (SSSR count). The summed E-state index contributed by atoms with van der Waals surface area (Å²) < 4.78 is 7.30. The van der Waals surface area contributed by atoms with Crippen molar-refractivity contribution in [2.45, 2.75) is 38.8 Å². The smallest absolute Gasteiger partial charge is 0.269 e. The number of rotatable bonds is 5. The Kier molecular flexibility index (Phi) is 6.81. The summed E-state index contributed by atoms with van der Waals surface area (Å²) >= 11 is 5.15. The number of thiazole rings is 2. The molecule has 6 aromatic rings. The van der Waals surface area contributed by atoms with E-state index in [2.05, 4.69) is 108 Å². The third-order valence-electron chi connectivity index (χ3n) is 7.74. The van der Waals surface area contributed by atoms with Crippen molar-refractivity contribution in [1.29, 1.82) is 0 Å². The molecule has 0 bridgehead atoms. The third kappa shape index (κ3) is 4.35. The lowest BCUT2D eigenvalue weighted by Crippen LogP contribution is -2.35. The van der Waals surface area contributed by atoms with E-state index in [0.717, 1.165) is 32.3 Å². The summed E-state index contributed by atoms with van der Waals surface area (Å²) in [5.74, 6) is 0. The van der Waals surface area contributed by atoms with Gasteiger partial charge < -0.3 is 4.90 Å². The highest BCUT2D eigenvalue weighted by Crippen LogP contribution is 2.49. The Morgan fingerprint density at radius 2 is 1.54 bits per heavy atom. The molecule has 0 unspecified atom stereocenters. The second kappa shape index (κ2) is 10.6. The van der Waals surface area contributed by atoms with Crippen molar-refractivity contribution >= 4 is 84.0 Å². The summed E-state index contributed by atoms with van der Waals surface area (Å²) in [7, 11) is 0. The lowest BCUT2D eigenvalue weighted by atomic mass is 10.1. The fourth-order valence-electron chi connectivity index (χ4n) is 5.82. The fraction of sp³-hybridized carbons (Fsp3) is 0.176. The van der Waals surface area contributed by atoms with Crippen LogP contribution in [0.4, 0.5) is 5.69 Å². The second-order valence-corrected chi connectivity index (χ2v) is 13.2. The molecule has 0 spiro atoms. The van der Waals surface area contributed by atoms with Crippen molar-refractivity contribution in [3.05, 3.63) is 108 Å². The molecule has 0 N–H and O–H groups in total. The topological polar surface area (TPSA) is 29.1 Å². The molecule has 0 saturated heterocycles. The highest BCUT2D eigenvalue weighted by atomic mass is 32.2. The Morgan fingerprint density at radius 3 is 2.29 bits per heavy atom. The molecule has 0 atom stereocenters. The van der Waals surface area contributed by atoms with Gasteiger partial charge in [-0.15, -0.1) is 11.3 Å². The van der Waals surface area contributed by atoms with Crippen LogP contribution < -0.4 is 24.2 Å². The first-order chi connectivity index (χ1) is 20.1. The van der Waals surface area contributed by atoms with E-state index in [1.807, 2.05) is 17.6 Å². The van der Waals surface area contributed by atoms with Crippen LogP contribution in [0.2, 0.25) is 0 Å². The Balaban J connectivity index is 1.34. The normalized spacial score (nSPS) is 15.3. The van der Waals surface area contributed by atoms with E-state index in [1.54, 1.807) is 34.4 Å². The van der Waals surface area contributed by atoms with E-state index in [-0.39, 0.29) is 5.56 Å². The Labute approximate surface area is 250 Å². The number of benzene rings is 4. The summed E-state index contributed by atoms with van der Waals surface area (Å²) in [4.78, 5) is 17.2. The SMILES string of the molecule is CCN1/C(=C/C=c2\s/c(=C/c3sc4ccc5ccccc5c4[n+]3CC)n(CC)c2=O)Sc2ccc3ccccc3c21. The van der Waals surface area contributed by atoms with Crippen LogP contribution in [-0.2, 0) is 13.1 Å². The minimum atomic E-state index is 0.0734. The minimum Gasteiger partial charge on any atom is -0.335 e. The Bertz CT molecular complexity index is 2180. The van der Waals surface area contributed by atoms with Crippen LogP contribution in [0.5, 0.6) is 0 Å². The van der Waals surface area contributed by atoms with Crippen LogP contribution in [-0.4, -0.2) is 11.1 Å². The molecular formula is C34H30N3OS3+. The van der Waals surface area contributed by atoms with Gasteiger partial charge >= 0.3 is 0 Å². The lowest BCUT2D eigenvalue weighted by Gasteiger charge is -2.19. The average molecular weight is 593 g/mol. The monoisotopic (exact) mass is 592 g/mol. The van der Waals surface area contributed by atoms with Gasteiger partial charge in [0.15, 0.2) is 0 Å². The molecule has 3 heterocycles. The number of aromatic nitrogens is 2. The Hall–Kier alpha value is -3.65. The highest BCUT2D eigenvalue weighted by molar-refractivity contribution is 8.03. The molecular weight excluding hydrogens is 563 g/mol. The van der Waals surface area contributed by atoms with Gasteiger partial charge in [-0.05, 0) is 61.9 Å². The molecule has 0 radical (unpaired) electrons. The number of allylic oxidation sites excluding steroid dienone is 1. The first-order valence-corrected chi connectivity index (χ1v) is 16.5. The number of aryl methyl sites for hydroxylation is 1. The minimum absolute atomic E-state index is 0.0734. The third-order valence-corrected chi connectivity index (χ3v) is 11.0. The highest BCUT2D eigenvalue weighted by Gasteiger charge is 2.25. The van der Waals surface area contributed by atoms with E-state index >= 15 is 0 Å². The lowest BCUT2D eigenvalue weighted by molar-refractivity contribution is -0.664. The largest absolute Gasteiger partial charge is 0.335 e. The second-order valence-electron chi connectivity index (χ2n) is 9.97. The van der Waals surface area contributed by atoms with Crippen molar-refractivity contribution in [2.24, 2.45) is 0 Å². The Morgan fingerprint density at radius 1 is 0.805 bits per heavy atom. The molecule has 1 aliphatic rings. The van der Waals surface area contributed by atoms with Crippen molar-refractivity contribution in [3.8, 4) is 0 Å². The van der Waals surface area contributed by atoms with E-state index in [0.29, 0.717) is 6.54 Å². The molecule has 41 heavy (non-hydrogen) atoms. The number of fused-ring (bicyclic) bond motifs is 6. The fourth-order valence-corrected chi connectivity index (χ4v) is 9.27. The summed E-state index contributed by atoms with van der Waals surface area (Å²) in [5.41, 5.74) is 2.61. The first-order valence-electron chi connectivity index (χ1n) is 14.1. The van der Waals surface area contributed by atoms with E-state index in [9.17, 15) is 4.79 Å². The van der Waals surface area contributed by atoms with Gasteiger partial charge in [-0.1, -0.05) is 77.7 Å². The first kappa shape index (κ1) is 26.3. The number of hydrogen-bond donors (Lipinski definition) is 0. The summed E-state index contributed by atoms with van der Waals surface area (Å²) in [6, 6.07) is 26.0. The van der Waals surface area contributed by atoms with Gasteiger partial charge in [-0.2, -0.15) is 4.57 Å². The van der Waals surface area contributed by atoms with Gasteiger partial charge in [-0.3, -0.25) is 9.36 Å². The van der Waals surface area contributed by atoms with Crippen LogP contribution in [0.25, 0.3) is 43.9 Å². The van der Waals surface area contributed by atoms with Crippen molar-refractivity contribution in [2.75, 3.05) is 11.4 Å². The zero-order chi connectivity index (χ0) is 28.1. The predicted molar refractivity (Wildman–Crippen MR) is 178 cm³/mol. The molecule has 204 valence electrons. The standard InChI is InChI=1S/C34H30N3OS3/c1-4-35-29(39-26-17-15-22-11-7-9-13-24(22)32(26)35)20-19-28-34(38)37(6-3)31(41-28)21-30-36(5-2)33-25-14-10-8-12-23(25)16-18-27(33)40-30/h7-21H,4-6H2,1-3H3/q+1/b28-19-,29-20-. The number of hydrogen-bond acceptors (Lipinski definition) is 5. The molecule has 0 amide bonds. The van der Waals surface area contributed by atoms with Gasteiger partial charge in [0.25, 0.3) is 10.6 Å². The molecule has 2 aromatic heterocycles. The van der Waals surface area contributed by atoms with Crippen LogP contribution >= 0.6 is 34.4 Å². The van der Waals surface area contributed by atoms with E-state index in [1.165, 1.54) is 42.3 Å². The van der Waals surface area contributed by atoms with Crippen molar-refractivity contribution in [3.63, 3.8) is 0 Å². The van der Waals surface area contributed by atoms with Gasteiger partial charge in [0.1, 0.15) is 15.9 Å². The maximum Gasteiger partial charge on any atom is 0.269 e. The maximum absolute atomic E-state index is 13.5. The number of anilines is 1. The molecule has 4 aromatic carbocycles.